The average molecular weight is 299 g/mol. The van der Waals surface area contributed by atoms with E-state index < -0.39 is 24.6 Å². The van der Waals surface area contributed by atoms with Crippen molar-refractivity contribution in [3.05, 3.63) is 17.7 Å². The fraction of sp³-hybridized carbons (Fsp3) is 0.385. The van der Waals surface area contributed by atoms with Gasteiger partial charge in [0.15, 0.2) is 17.5 Å². The van der Waals surface area contributed by atoms with Crippen molar-refractivity contribution in [2.45, 2.75) is 6.04 Å². The molecule has 1 unspecified atom stereocenters. The number of nitrogens with one attached hydrogen (secondary N) is 1. The molecule has 0 aliphatic carbocycles. The van der Waals surface area contributed by atoms with Crippen LogP contribution in [0.2, 0.25) is 0 Å². The number of carboxylic acids is 1. The number of hydrogen-bond acceptors (Lipinski definition) is 5. The van der Waals surface area contributed by atoms with E-state index in [1.807, 2.05) is 0 Å². The number of carbonyl (C=O) groups is 2. The molecule has 2 rings (SSSR count). The summed E-state index contributed by atoms with van der Waals surface area (Å²) in [7, 11) is 1.40. The van der Waals surface area contributed by atoms with E-state index in [0.29, 0.717) is 24.7 Å². The lowest BCUT2D eigenvalue weighted by Gasteiger charge is -2.21. The third kappa shape index (κ3) is 3.15. The van der Waals surface area contributed by atoms with Gasteiger partial charge in [-0.3, -0.25) is 4.79 Å². The van der Waals surface area contributed by atoms with Crippen molar-refractivity contribution in [2.75, 3.05) is 27.0 Å². The van der Waals surface area contributed by atoms with Gasteiger partial charge in [-0.05, 0) is 12.1 Å². The van der Waals surface area contributed by atoms with Crippen LogP contribution >= 0.6 is 0 Å². The number of carboxylic acid groups (broad SMARTS) is 1. The van der Waals surface area contributed by atoms with Crippen LogP contribution in [0, 0.1) is 0 Å². The van der Waals surface area contributed by atoms with E-state index in [0.717, 1.165) is 0 Å². The average Bonchev–Trinajstić information content (AvgIpc) is 2.50. The van der Waals surface area contributed by atoms with E-state index in [4.69, 9.17) is 19.3 Å². The number of carbonyl (C=O) groups excluding carboxylic acids is 1. The summed E-state index contributed by atoms with van der Waals surface area (Å²) >= 11 is 0. The van der Waals surface area contributed by atoms with Crippen molar-refractivity contribution in [1.29, 1.82) is 0 Å². The molecule has 0 aromatic heterocycles. The van der Waals surface area contributed by atoms with Gasteiger partial charge < -0.3 is 24.6 Å². The Morgan fingerprint density at radius 3 is 2.76 bits per heavy atom. The number of amides is 1. The van der Waals surface area contributed by atoms with Crippen LogP contribution < -0.4 is 19.5 Å². The highest BCUT2D eigenvalue weighted by Crippen LogP contribution is 2.40. The lowest BCUT2D eigenvalue weighted by atomic mass is 10.1. The summed E-state index contributed by atoms with van der Waals surface area (Å²) in [6.07, 6.45) is 0. The number of benzene rings is 1. The van der Waals surface area contributed by atoms with Crippen molar-refractivity contribution in [1.82, 2.24) is 5.32 Å². The van der Waals surface area contributed by atoms with Crippen LogP contribution in [0.15, 0.2) is 12.1 Å². The summed E-state index contributed by atoms with van der Waals surface area (Å²) in [6, 6.07) is 1.17. The molecule has 1 aliphatic rings. The molecule has 8 heteroatoms. The normalized spacial score (nSPS) is 14.2. The number of halogens is 1. The quantitative estimate of drug-likeness (QED) is 0.827. The van der Waals surface area contributed by atoms with E-state index in [1.54, 1.807) is 0 Å². The van der Waals surface area contributed by atoms with Crippen LogP contribution in [-0.2, 0) is 4.79 Å². The molecule has 1 aromatic carbocycles. The molecular formula is C13H14FNO6. The third-order valence-corrected chi connectivity index (χ3v) is 2.85. The number of aliphatic carboxylic acids is 1. The van der Waals surface area contributed by atoms with Crippen LogP contribution in [0.5, 0.6) is 17.2 Å². The Hall–Kier alpha value is -2.51. The van der Waals surface area contributed by atoms with Gasteiger partial charge in [0, 0.05) is 5.56 Å². The van der Waals surface area contributed by atoms with Gasteiger partial charge in [0.1, 0.15) is 19.9 Å². The number of ether oxygens (including phenoxy) is 3. The van der Waals surface area contributed by atoms with Crippen molar-refractivity contribution in [3.8, 4) is 17.2 Å². The Kier molecular flexibility index (Phi) is 4.46. The van der Waals surface area contributed by atoms with Gasteiger partial charge in [0.05, 0.1) is 7.11 Å². The first kappa shape index (κ1) is 14.9. The van der Waals surface area contributed by atoms with Crippen molar-refractivity contribution in [3.63, 3.8) is 0 Å². The smallest absolute Gasteiger partial charge is 0.328 e. The number of methoxy groups -OCH3 is 1. The topological polar surface area (TPSA) is 94.1 Å². The molecule has 21 heavy (non-hydrogen) atoms. The Labute approximate surface area is 119 Å². The molecule has 2 N–H and O–H groups in total. The van der Waals surface area contributed by atoms with Gasteiger partial charge in [-0.15, -0.1) is 0 Å². The lowest BCUT2D eigenvalue weighted by molar-refractivity contribution is -0.139. The number of fused-ring (bicyclic) bond motifs is 1. The summed E-state index contributed by atoms with van der Waals surface area (Å²) in [5.74, 6) is -1.21. The van der Waals surface area contributed by atoms with Crippen LogP contribution in [0.25, 0.3) is 0 Å². The van der Waals surface area contributed by atoms with Gasteiger partial charge in [-0.25, -0.2) is 9.18 Å². The number of alkyl halides is 1. The predicted octanol–water partition coefficient (Wildman–Crippen LogP) is 0.619. The van der Waals surface area contributed by atoms with E-state index >= 15 is 0 Å². The summed E-state index contributed by atoms with van der Waals surface area (Å²) < 4.78 is 28.4. The standard InChI is InChI=1S/C13H14FNO6/c1-19-9-4-7(5-10-11(9)21-3-2-20-10)12(16)15-8(6-14)13(17)18/h4-5,8H,2-3,6H2,1H3,(H,15,16)(H,17,18). The second-order valence-electron chi connectivity index (χ2n) is 4.22. The first-order valence-corrected chi connectivity index (χ1v) is 6.14. The molecule has 0 saturated carbocycles. The monoisotopic (exact) mass is 299 g/mol. The zero-order valence-corrected chi connectivity index (χ0v) is 11.2. The largest absolute Gasteiger partial charge is 0.493 e. The SMILES string of the molecule is COc1cc(C(=O)NC(CF)C(=O)O)cc2c1OCCO2. The van der Waals surface area contributed by atoms with Gasteiger partial charge in [0.25, 0.3) is 5.91 Å². The van der Waals surface area contributed by atoms with Gasteiger partial charge in [-0.1, -0.05) is 0 Å². The van der Waals surface area contributed by atoms with Gasteiger partial charge >= 0.3 is 5.97 Å². The molecule has 1 aromatic rings. The zero-order valence-electron chi connectivity index (χ0n) is 11.2. The van der Waals surface area contributed by atoms with Crippen LogP contribution in [0.1, 0.15) is 10.4 Å². The third-order valence-electron chi connectivity index (χ3n) is 2.85. The second kappa shape index (κ2) is 6.29. The first-order chi connectivity index (χ1) is 10.1. The highest BCUT2D eigenvalue weighted by Gasteiger charge is 2.24. The van der Waals surface area contributed by atoms with E-state index in [2.05, 4.69) is 5.32 Å². The van der Waals surface area contributed by atoms with Crippen molar-refractivity contribution in [2.24, 2.45) is 0 Å². The summed E-state index contributed by atoms with van der Waals surface area (Å²) in [4.78, 5) is 22.7. The minimum Gasteiger partial charge on any atom is -0.493 e. The minimum atomic E-state index is -1.60. The Balaban J connectivity index is 2.27. The highest BCUT2D eigenvalue weighted by atomic mass is 19.1. The van der Waals surface area contributed by atoms with Gasteiger partial charge in [-0.2, -0.15) is 0 Å². The molecule has 0 fully saturated rings. The minimum absolute atomic E-state index is 0.0933. The number of rotatable bonds is 5. The molecule has 1 aliphatic heterocycles. The fourth-order valence-electron chi connectivity index (χ4n) is 1.81. The maximum atomic E-state index is 12.5. The molecule has 0 bridgehead atoms. The van der Waals surface area contributed by atoms with Crippen LogP contribution in [-0.4, -0.2) is 50.0 Å². The van der Waals surface area contributed by atoms with Crippen molar-refractivity contribution >= 4 is 11.9 Å². The Morgan fingerprint density at radius 2 is 2.14 bits per heavy atom. The second-order valence-corrected chi connectivity index (χ2v) is 4.22. The lowest BCUT2D eigenvalue weighted by Crippen LogP contribution is -2.42. The summed E-state index contributed by atoms with van der Waals surface area (Å²) in [5.41, 5.74) is 0.0933. The highest BCUT2D eigenvalue weighted by molar-refractivity contribution is 5.97. The predicted molar refractivity (Wildman–Crippen MR) is 68.8 cm³/mol. The molecule has 0 radical (unpaired) electrons. The molecule has 1 amide bonds. The van der Waals surface area contributed by atoms with E-state index in [-0.39, 0.29) is 11.3 Å². The Bertz CT molecular complexity index is 545. The molecule has 1 heterocycles. The maximum absolute atomic E-state index is 12.5. The van der Waals surface area contributed by atoms with Gasteiger partial charge in [0.2, 0.25) is 5.75 Å². The molecule has 1 atom stereocenters. The molecule has 0 saturated heterocycles. The zero-order chi connectivity index (χ0) is 15.4. The molecule has 0 spiro atoms. The summed E-state index contributed by atoms with van der Waals surface area (Å²) in [6.45, 7) is -0.524. The fourth-order valence-corrected chi connectivity index (χ4v) is 1.81. The maximum Gasteiger partial charge on any atom is 0.328 e. The molecular weight excluding hydrogens is 285 g/mol. The van der Waals surface area contributed by atoms with Crippen molar-refractivity contribution < 1.29 is 33.3 Å². The van der Waals surface area contributed by atoms with Crippen LogP contribution in [0.4, 0.5) is 4.39 Å². The van der Waals surface area contributed by atoms with E-state index in [1.165, 1.54) is 19.2 Å². The first-order valence-electron chi connectivity index (χ1n) is 6.14. The number of hydrogen-bond donors (Lipinski definition) is 2. The summed E-state index contributed by atoms with van der Waals surface area (Å²) in [5, 5.41) is 10.8. The van der Waals surface area contributed by atoms with Crippen LogP contribution in [0.3, 0.4) is 0 Å². The molecule has 7 nitrogen and oxygen atoms in total. The Morgan fingerprint density at radius 1 is 1.43 bits per heavy atom. The van der Waals surface area contributed by atoms with E-state index in [9.17, 15) is 14.0 Å². The molecule has 114 valence electrons.